The van der Waals surface area contributed by atoms with Crippen LogP contribution in [0.25, 0.3) is 21.5 Å². The van der Waals surface area contributed by atoms with Crippen molar-refractivity contribution in [1.82, 2.24) is 0 Å². The maximum absolute atomic E-state index is 9.69. The molecule has 30 heavy (non-hydrogen) atoms. The molecule has 0 saturated heterocycles. The van der Waals surface area contributed by atoms with Crippen LogP contribution in [0.2, 0.25) is 0 Å². The zero-order valence-corrected chi connectivity index (χ0v) is 16.7. The summed E-state index contributed by atoms with van der Waals surface area (Å²) in [5.41, 5.74) is 2.23. The molecule has 0 aliphatic heterocycles. The third-order valence-electron chi connectivity index (χ3n) is 5.06. The summed E-state index contributed by atoms with van der Waals surface area (Å²) in [7, 11) is 0. The predicted molar refractivity (Wildman–Crippen MR) is 120 cm³/mol. The van der Waals surface area contributed by atoms with Crippen LogP contribution >= 0.6 is 0 Å². The van der Waals surface area contributed by atoms with Gasteiger partial charge >= 0.3 is 0 Å². The topological polar surface area (TPSA) is 58.9 Å². The Balaban J connectivity index is 1.43. The van der Waals surface area contributed by atoms with Gasteiger partial charge in [-0.25, -0.2) is 0 Å². The molecule has 0 saturated carbocycles. The maximum atomic E-state index is 9.69. The zero-order valence-electron chi connectivity index (χ0n) is 16.7. The quantitative estimate of drug-likeness (QED) is 0.409. The van der Waals surface area contributed by atoms with Crippen molar-refractivity contribution < 1.29 is 19.7 Å². The summed E-state index contributed by atoms with van der Waals surface area (Å²) in [6, 6.07) is 23.7. The third-order valence-corrected chi connectivity index (χ3v) is 5.06. The molecule has 152 valence electrons. The van der Waals surface area contributed by atoms with Crippen molar-refractivity contribution in [2.24, 2.45) is 0 Å². The van der Waals surface area contributed by atoms with Crippen LogP contribution in [0, 0.1) is 0 Å². The van der Waals surface area contributed by atoms with E-state index in [1.807, 2.05) is 72.8 Å². The Morgan fingerprint density at radius 1 is 0.633 bits per heavy atom. The van der Waals surface area contributed by atoms with E-state index < -0.39 is 0 Å². The molecule has 4 rings (SSSR count). The van der Waals surface area contributed by atoms with Gasteiger partial charge in [0.1, 0.15) is 24.7 Å². The fraction of sp³-hybridized carbons (Fsp3) is 0.154. The third kappa shape index (κ3) is 4.30. The second-order valence-corrected chi connectivity index (χ2v) is 7.26. The molecule has 2 N–H and O–H groups in total. The lowest BCUT2D eigenvalue weighted by Crippen LogP contribution is -2.10. The van der Waals surface area contributed by atoms with Gasteiger partial charge in [0, 0.05) is 11.1 Å². The fourth-order valence-electron chi connectivity index (χ4n) is 3.45. The molecule has 0 fully saturated rings. The van der Waals surface area contributed by atoms with E-state index in [0.29, 0.717) is 11.5 Å². The lowest BCUT2D eigenvalue weighted by Gasteiger charge is -2.15. The van der Waals surface area contributed by atoms with Gasteiger partial charge in [0.15, 0.2) is 0 Å². The Labute approximate surface area is 175 Å². The van der Waals surface area contributed by atoms with Crippen molar-refractivity contribution in [3.8, 4) is 11.5 Å². The molecule has 0 amide bonds. The Bertz CT molecular complexity index is 1100. The molecule has 4 nitrogen and oxygen atoms in total. The Kier molecular flexibility index (Phi) is 5.98. The second kappa shape index (κ2) is 8.99. The molecule has 4 aromatic rings. The predicted octanol–water partition coefficient (Wildman–Crippen LogP) is 4.99. The second-order valence-electron chi connectivity index (χ2n) is 7.26. The average molecular weight is 400 g/mol. The summed E-state index contributed by atoms with van der Waals surface area (Å²) < 4.78 is 11.8. The zero-order chi connectivity index (χ0) is 20.9. The summed E-state index contributed by atoms with van der Waals surface area (Å²) in [4.78, 5) is 0. The van der Waals surface area contributed by atoms with Crippen molar-refractivity contribution in [2.45, 2.75) is 13.2 Å². The van der Waals surface area contributed by atoms with Crippen molar-refractivity contribution in [3.05, 3.63) is 96.1 Å². The van der Waals surface area contributed by atoms with Crippen molar-refractivity contribution in [3.63, 3.8) is 0 Å². The molecule has 4 aromatic carbocycles. The molecule has 0 unspecified atom stereocenters. The van der Waals surface area contributed by atoms with Crippen LogP contribution in [0.3, 0.4) is 0 Å². The highest BCUT2D eigenvalue weighted by Gasteiger charge is 2.09. The van der Waals surface area contributed by atoms with Crippen LogP contribution in [-0.4, -0.2) is 23.4 Å². The number of aliphatic hydroxyl groups excluding tert-OH is 2. The fourth-order valence-corrected chi connectivity index (χ4v) is 3.45. The lowest BCUT2D eigenvalue weighted by atomic mass is 10.1. The molecular formula is C26H24O4. The highest BCUT2D eigenvalue weighted by Crippen LogP contribution is 2.28. The van der Waals surface area contributed by atoms with Gasteiger partial charge in [-0.15, -0.1) is 0 Å². The molecule has 0 heterocycles. The van der Waals surface area contributed by atoms with E-state index in [1.165, 1.54) is 0 Å². The maximum Gasteiger partial charge on any atom is 0.125 e. The van der Waals surface area contributed by atoms with E-state index in [0.717, 1.165) is 38.2 Å². The van der Waals surface area contributed by atoms with Crippen LogP contribution in [0.5, 0.6) is 11.5 Å². The van der Waals surface area contributed by atoms with Crippen LogP contribution in [-0.2, 0) is 13.2 Å². The molecular weight excluding hydrogens is 376 g/mol. The van der Waals surface area contributed by atoms with Crippen molar-refractivity contribution >= 4 is 21.5 Å². The van der Waals surface area contributed by atoms with Gasteiger partial charge < -0.3 is 19.7 Å². The molecule has 0 radical (unpaired) electrons. The molecule has 0 atom stereocenters. The van der Waals surface area contributed by atoms with Crippen molar-refractivity contribution in [1.29, 1.82) is 0 Å². The average Bonchev–Trinajstić information content (AvgIpc) is 2.79. The lowest BCUT2D eigenvalue weighted by molar-refractivity contribution is 0.258. The normalized spacial score (nSPS) is 11.0. The van der Waals surface area contributed by atoms with Crippen LogP contribution in [0.1, 0.15) is 11.1 Å². The standard InChI is InChI=1S/C26H24O4/c1-18(16-29-25-12-21-8-4-2-6-19(21)10-23(25)14-27)17-30-26-13-22-9-5-3-7-20(22)11-24(26)15-28/h2-13,27-28H,1,14-17H2. The summed E-state index contributed by atoms with van der Waals surface area (Å²) in [6.45, 7) is 4.39. The van der Waals surface area contributed by atoms with Crippen LogP contribution in [0.15, 0.2) is 84.9 Å². The minimum atomic E-state index is -0.0971. The number of ether oxygens (including phenoxy) is 2. The molecule has 0 spiro atoms. The Morgan fingerprint density at radius 3 is 1.37 bits per heavy atom. The monoisotopic (exact) mass is 400 g/mol. The Hall–Kier alpha value is -3.34. The number of rotatable bonds is 8. The van der Waals surface area contributed by atoms with E-state index >= 15 is 0 Å². The van der Waals surface area contributed by atoms with E-state index in [2.05, 4.69) is 6.58 Å². The van der Waals surface area contributed by atoms with E-state index in [9.17, 15) is 10.2 Å². The number of hydrogen-bond donors (Lipinski definition) is 2. The van der Waals surface area contributed by atoms with Gasteiger partial charge in [0.25, 0.3) is 0 Å². The minimum absolute atomic E-state index is 0.0971. The molecule has 0 bridgehead atoms. The number of hydrogen-bond acceptors (Lipinski definition) is 4. The van der Waals surface area contributed by atoms with E-state index in [1.54, 1.807) is 0 Å². The summed E-state index contributed by atoms with van der Waals surface area (Å²) in [5.74, 6) is 1.28. The highest BCUT2D eigenvalue weighted by molar-refractivity contribution is 5.85. The summed E-state index contributed by atoms with van der Waals surface area (Å²) >= 11 is 0. The van der Waals surface area contributed by atoms with Crippen LogP contribution < -0.4 is 9.47 Å². The summed E-state index contributed by atoms with van der Waals surface area (Å²) in [5, 5.41) is 23.6. The first kappa shape index (κ1) is 20.0. The van der Waals surface area contributed by atoms with Gasteiger partial charge in [0.05, 0.1) is 13.2 Å². The van der Waals surface area contributed by atoms with Crippen molar-refractivity contribution in [2.75, 3.05) is 13.2 Å². The summed E-state index contributed by atoms with van der Waals surface area (Å²) in [6.07, 6.45) is 0. The van der Waals surface area contributed by atoms with Gasteiger partial charge in [-0.2, -0.15) is 0 Å². The number of fused-ring (bicyclic) bond motifs is 2. The Morgan fingerprint density at radius 2 is 1.00 bits per heavy atom. The minimum Gasteiger partial charge on any atom is -0.489 e. The number of aliphatic hydroxyl groups is 2. The molecule has 0 aromatic heterocycles. The van der Waals surface area contributed by atoms with Gasteiger partial charge in [-0.1, -0.05) is 55.1 Å². The smallest absolute Gasteiger partial charge is 0.125 e. The molecule has 4 heteroatoms. The van der Waals surface area contributed by atoms with Crippen LogP contribution in [0.4, 0.5) is 0 Å². The SMILES string of the molecule is C=C(COc1cc2ccccc2cc1CO)COc1cc2ccccc2cc1CO. The van der Waals surface area contributed by atoms with Gasteiger partial charge in [-0.05, 0) is 51.4 Å². The molecule has 0 aliphatic rings. The first-order valence-corrected chi connectivity index (χ1v) is 9.85. The first-order valence-electron chi connectivity index (χ1n) is 9.85. The van der Waals surface area contributed by atoms with Gasteiger partial charge in [-0.3, -0.25) is 0 Å². The first-order chi connectivity index (χ1) is 14.7. The molecule has 0 aliphatic carbocycles. The highest BCUT2D eigenvalue weighted by atomic mass is 16.5. The van der Waals surface area contributed by atoms with E-state index in [4.69, 9.17) is 9.47 Å². The number of benzene rings is 4. The largest absolute Gasteiger partial charge is 0.489 e. The van der Waals surface area contributed by atoms with Gasteiger partial charge in [0.2, 0.25) is 0 Å². The van der Waals surface area contributed by atoms with E-state index in [-0.39, 0.29) is 26.4 Å².